The van der Waals surface area contributed by atoms with E-state index in [-0.39, 0.29) is 5.91 Å². The average Bonchev–Trinajstić information content (AvgIpc) is 2.52. The van der Waals surface area contributed by atoms with Gasteiger partial charge in [-0.25, -0.2) is 4.79 Å². The van der Waals surface area contributed by atoms with E-state index < -0.39 is 6.16 Å². The molecule has 1 saturated carbocycles. The van der Waals surface area contributed by atoms with Crippen molar-refractivity contribution in [3.63, 3.8) is 0 Å². The maximum absolute atomic E-state index is 12.2. The minimum Gasteiger partial charge on any atom is -0.496 e. The standard InChI is InChI=1S/C17H24ClNO2.CH2O3/c1-11-4-7-15(8-12(11)2)19-17(20)9-13-5-6-14(18)10-16(13)21-3;2-1(3)4/h5-6,10-12,15H,4,7-9H2,1-3H3,(H,19,20);(H2,2,3,4). The molecule has 6 nitrogen and oxygen atoms in total. The summed E-state index contributed by atoms with van der Waals surface area (Å²) in [4.78, 5) is 20.8. The van der Waals surface area contributed by atoms with Gasteiger partial charge >= 0.3 is 6.16 Å². The number of hydrogen-bond acceptors (Lipinski definition) is 3. The first-order valence-corrected chi connectivity index (χ1v) is 8.64. The van der Waals surface area contributed by atoms with Gasteiger partial charge in [-0.2, -0.15) is 0 Å². The highest BCUT2D eigenvalue weighted by Crippen LogP contribution is 2.29. The molecule has 25 heavy (non-hydrogen) atoms. The molecule has 3 unspecified atom stereocenters. The molecule has 0 heterocycles. The van der Waals surface area contributed by atoms with E-state index in [2.05, 4.69) is 19.2 Å². The van der Waals surface area contributed by atoms with Crippen molar-refractivity contribution in [3.05, 3.63) is 28.8 Å². The van der Waals surface area contributed by atoms with Crippen LogP contribution in [0.2, 0.25) is 5.02 Å². The number of carbonyl (C=O) groups is 2. The number of ether oxygens (including phenoxy) is 1. The average molecular weight is 372 g/mol. The van der Waals surface area contributed by atoms with E-state index in [0.29, 0.717) is 29.2 Å². The number of nitrogens with one attached hydrogen (secondary N) is 1. The second kappa shape index (κ2) is 10.1. The third kappa shape index (κ3) is 7.65. The van der Waals surface area contributed by atoms with Crippen LogP contribution < -0.4 is 10.1 Å². The maximum atomic E-state index is 12.2. The van der Waals surface area contributed by atoms with Crippen molar-refractivity contribution in [1.82, 2.24) is 5.32 Å². The molecule has 1 aromatic rings. The number of methoxy groups -OCH3 is 1. The van der Waals surface area contributed by atoms with Gasteiger partial charge in [0, 0.05) is 16.6 Å². The second-order valence-electron chi connectivity index (χ2n) is 6.45. The SMILES string of the molecule is COc1cc(Cl)ccc1CC(=O)NC1CCC(C)C(C)C1.O=C(O)O. The van der Waals surface area contributed by atoms with Crippen molar-refractivity contribution in [2.45, 2.75) is 45.6 Å². The fourth-order valence-electron chi connectivity index (χ4n) is 2.99. The first kappa shape index (κ1) is 21.1. The second-order valence-corrected chi connectivity index (χ2v) is 6.88. The van der Waals surface area contributed by atoms with Gasteiger partial charge < -0.3 is 20.3 Å². The van der Waals surface area contributed by atoms with Gasteiger partial charge in [0.15, 0.2) is 0 Å². The Morgan fingerprint density at radius 2 is 1.88 bits per heavy atom. The highest BCUT2D eigenvalue weighted by atomic mass is 35.5. The molecule has 3 N–H and O–H groups in total. The summed E-state index contributed by atoms with van der Waals surface area (Å²) in [7, 11) is 1.59. The number of halogens is 1. The number of benzene rings is 1. The van der Waals surface area contributed by atoms with E-state index >= 15 is 0 Å². The van der Waals surface area contributed by atoms with Crippen molar-refractivity contribution in [3.8, 4) is 5.75 Å². The zero-order valence-corrected chi connectivity index (χ0v) is 15.5. The van der Waals surface area contributed by atoms with Crippen LogP contribution in [-0.4, -0.2) is 35.4 Å². The summed E-state index contributed by atoms with van der Waals surface area (Å²) >= 11 is 5.94. The Morgan fingerprint density at radius 1 is 1.24 bits per heavy atom. The zero-order chi connectivity index (χ0) is 19.0. The smallest absolute Gasteiger partial charge is 0.496 e. The lowest BCUT2D eigenvalue weighted by Crippen LogP contribution is -2.40. The lowest BCUT2D eigenvalue weighted by molar-refractivity contribution is -0.121. The minimum atomic E-state index is -1.83. The Hall–Kier alpha value is -1.95. The topological polar surface area (TPSA) is 95.9 Å². The fourth-order valence-corrected chi connectivity index (χ4v) is 3.16. The molecule has 3 atom stereocenters. The highest BCUT2D eigenvalue weighted by Gasteiger charge is 2.25. The van der Waals surface area contributed by atoms with Crippen LogP contribution in [0.15, 0.2) is 18.2 Å². The summed E-state index contributed by atoms with van der Waals surface area (Å²) in [6.07, 6.45) is 1.84. The molecule has 1 amide bonds. The van der Waals surface area contributed by atoms with E-state index in [0.717, 1.165) is 24.3 Å². The van der Waals surface area contributed by atoms with Gasteiger partial charge in [0.25, 0.3) is 0 Å². The van der Waals surface area contributed by atoms with Gasteiger partial charge in [-0.3, -0.25) is 4.79 Å². The fraction of sp³-hybridized carbons (Fsp3) is 0.556. The van der Waals surface area contributed by atoms with Crippen LogP contribution in [0.25, 0.3) is 0 Å². The van der Waals surface area contributed by atoms with Crippen molar-refractivity contribution >= 4 is 23.7 Å². The molecule has 140 valence electrons. The first-order chi connectivity index (χ1) is 11.7. The first-order valence-electron chi connectivity index (χ1n) is 8.26. The lowest BCUT2D eigenvalue weighted by Gasteiger charge is -2.32. The molecule has 0 aromatic heterocycles. The van der Waals surface area contributed by atoms with E-state index in [4.69, 9.17) is 31.3 Å². The van der Waals surface area contributed by atoms with Gasteiger partial charge in [-0.15, -0.1) is 0 Å². The van der Waals surface area contributed by atoms with Crippen LogP contribution in [0.5, 0.6) is 5.75 Å². The van der Waals surface area contributed by atoms with Crippen LogP contribution in [0.1, 0.15) is 38.7 Å². The number of carboxylic acid groups (broad SMARTS) is 2. The van der Waals surface area contributed by atoms with Crippen molar-refractivity contribution in [2.75, 3.05) is 7.11 Å². The number of hydrogen-bond donors (Lipinski definition) is 3. The van der Waals surface area contributed by atoms with Gasteiger partial charge in [0.2, 0.25) is 5.91 Å². The largest absolute Gasteiger partial charge is 0.503 e. The minimum absolute atomic E-state index is 0.0578. The highest BCUT2D eigenvalue weighted by molar-refractivity contribution is 6.30. The number of rotatable bonds is 4. The van der Waals surface area contributed by atoms with Crippen LogP contribution in [0, 0.1) is 11.8 Å². The monoisotopic (exact) mass is 371 g/mol. The van der Waals surface area contributed by atoms with E-state index in [1.54, 1.807) is 19.2 Å². The van der Waals surface area contributed by atoms with Gasteiger partial charge in [0.1, 0.15) is 5.75 Å². The maximum Gasteiger partial charge on any atom is 0.503 e. The molecule has 0 aliphatic heterocycles. The number of carbonyl (C=O) groups excluding carboxylic acids is 1. The molecule has 0 spiro atoms. The molecule has 0 radical (unpaired) electrons. The lowest BCUT2D eigenvalue weighted by atomic mass is 9.79. The van der Waals surface area contributed by atoms with Crippen LogP contribution >= 0.6 is 11.6 Å². The third-order valence-electron chi connectivity index (χ3n) is 4.56. The molecular weight excluding hydrogens is 346 g/mol. The summed E-state index contributed by atoms with van der Waals surface area (Å²) in [5.74, 6) is 2.16. The molecular formula is C18H26ClNO5. The molecule has 0 bridgehead atoms. The molecule has 1 aliphatic rings. The summed E-state index contributed by atoms with van der Waals surface area (Å²) in [5, 5.41) is 17.7. The van der Waals surface area contributed by atoms with Crippen LogP contribution in [0.3, 0.4) is 0 Å². The summed E-state index contributed by atoms with van der Waals surface area (Å²) in [6.45, 7) is 4.56. The third-order valence-corrected chi connectivity index (χ3v) is 4.80. The molecule has 7 heteroatoms. The van der Waals surface area contributed by atoms with E-state index in [1.807, 2.05) is 6.07 Å². The van der Waals surface area contributed by atoms with Crippen LogP contribution in [-0.2, 0) is 11.2 Å². The molecule has 1 fully saturated rings. The van der Waals surface area contributed by atoms with Crippen molar-refractivity contribution in [1.29, 1.82) is 0 Å². The van der Waals surface area contributed by atoms with Gasteiger partial charge in [0.05, 0.1) is 13.5 Å². The van der Waals surface area contributed by atoms with Crippen molar-refractivity contribution in [2.24, 2.45) is 11.8 Å². The molecule has 1 aliphatic carbocycles. The van der Waals surface area contributed by atoms with Crippen molar-refractivity contribution < 1.29 is 24.5 Å². The zero-order valence-electron chi connectivity index (χ0n) is 14.8. The molecule has 0 saturated heterocycles. The predicted molar refractivity (Wildman–Crippen MR) is 96.5 cm³/mol. The quantitative estimate of drug-likeness (QED) is 0.741. The Bertz CT molecular complexity index is 589. The Morgan fingerprint density at radius 3 is 2.44 bits per heavy atom. The predicted octanol–water partition coefficient (Wildman–Crippen LogP) is 4.05. The Kier molecular flexibility index (Phi) is 8.55. The summed E-state index contributed by atoms with van der Waals surface area (Å²) in [6, 6.07) is 5.69. The molecule has 1 aromatic carbocycles. The van der Waals surface area contributed by atoms with E-state index in [1.165, 1.54) is 6.42 Å². The summed E-state index contributed by atoms with van der Waals surface area (Å²) < 4.78 is 5.28. The summed E-state index contributed by atoms with van der Waals surface area (Å²) in [5.41, 5.74) is 0.872. The Balaban J connectivity index is 0.000000705. The van der Waals surface area contributed by atoms with Gasteiger partial charge in [-0.05, 0) is 43.2 Å². The molecule has 2 rings (SSSR count). The van der Waals surface area contributed by atoms with E-state index in [9.17, 15) is 4.79 Å². The Labute approximate surface area is 153 Å². The van der Waals surface area contributed by atoms with Gasteiger partial charge in [-0.1, -0.05) is 31.5 Å². The normalized spacial score (nSPS) is 22.3. The number of amides is 1. The van der Waals surface area contributed by atoms with Crippen LogP contribution in [0.4, 0.5) is 4.79 Å².